The van der Waals surface area contributed by atoms with Gasteiger partial charge in [0, 0.05) is 22.7 Å². The second-order valence-electron chi connectivity index (χ2n) is 5.91. The highest BCUT2D eigenvalue weighted by Crippen LogP contribution is 2.26. The molecule has 0 saturated carbocycles. The molecule has 25 heavy (non-hydrogen) atoms. The Bertz CT molecular complexity index is 1070. The average molecular weight is 331 g/mol. The number of carbonyl (C=O) groups excluding carboxylic acids is 1. The molecular formula is C21H17NO3. The number of hydrogen-bond donors (Lipinski definition) is 1. The van der Waals surface area contributed by atoms with Gasteiger partial charge in [-0.1, -0.05) is 30.3 Å². The zero-order valence-corrected chi connectivity index (χ0v) is 13.8. The second kappa shape index (κ2) is 6.32. The van der Waals surface area contributed by atoms with Crippen molar-refractivity contribution in [3.63, 3.8) is 0 Å². The minimum atomic E-state index is -0.0752. The molecule has 1 N–H and O–H groups in total. The van der Waals surface area contributed by atoms with Crippen LogP contribution in [0.25, 0.3) is 21.7 Å². The van der Waals surface area contributed by atoms with Gasteiger partial charge in [-0.2, -0.15) is 0 Å². The first-order valence-electron chi connectivity index (χ1n) is 8.06. The van der Waals surface area contributed by atoms with Crippen molar-refractivity contribution in [2.75, 3.05) is 12.4 Å². The van der Waals surface area contributed by atoms with Crippen LogP contribution in [0.4, 0.5) is 5.69 Å². The van der Waals surface area contributed by atoms with Crippen LogP contribution in [0, 0.1) is 0 Å². The summed E-state index contributed by atoms with van der Waals surface area (Å²) in [5.41, 5.74) is 2.36. The molecule has 124 valence electrons. The smallest absolute Gasteiger partial charge is 0.228 e. The third kappa shape index (κ3) is 3.06. The number of benzene rings is 3. The van der Waals surface area contributed by atoms with E-state index in [2.05, 4.69) is 5.32 Å². The lowest BCUT2D eigenvalue weighted by atomic mass is 10.1. The molecule has 1 heterocycles. The minimum Gasteiger partial charge on any atom is -0.497 e. The van der Waals surface area contributed by atoms with Gasteiger partial charge < -0.3 is 14.5 Å². The zero-order chi connectivity index (χ0) is 17.2. The maximum atomic E-state index is 12.4. The largest absolute Gasteiger partial charge is 0.497 e. The first kappa shape index (κ1) is 15.3. The zero-order valence-electron chi connectivity index (χ0n) is 13.8. The van der Waals surface area contributed by atoms with Gasteiger partial charge in [0.15, 0.2) is 0 Å². The van der Waals surface area contributed by atoms with E-state index in [1.807, 2.05) is 60.7 Å². The van der Waals surface area contributed by atoms with Crippen LogP contribution in [0.15, 0.2) is 71.3 Å². The molecule has 4 aromatic rings. The molecular weight excluding hydrogens is 314 g/mol. The topological polar surface area (TPSA) is 51.5 Å². The highest BCUT2D eigenvalue weighted by molar-refractivity contribution is 5.97. The number of nitrogens with one attached hydrogen (secondary N) is 1. The van der Waals surface area contributed by atoms with Crippen molar-refractivity contribution in [1.29, 1.82) is 0 Å². The number of methoxy groups -OCH3 is 1. The van der Waals surface area contributed by atoms with Gasteiger partial charge in [-0.3, -0.25) is 4.79 Å². The van der Waals surface area contributed by atoms with Gasteiger partial charge in [0.05, 0.1) is 19.8 Å². The summed E-state index contributed by atoms with van der Waals surface area (Å²) in [5, 5.41) is 6.13. The van der Waals surface area contributed by atoms with Crippen LogP contribution in [0.1, 0.15) is 5.56 Å². The molecule has 0 unspecified atom stereocenters. The number of fused-ring (bicyclic) bond motifs is 2. The molecule has 1 aromatic heterocycles. The number of anilines is 1. The summed E-state index contributed by atoms with van der Waals surface area (Å²) >= 11 is 0. The quantitative estimate of drug-likeness (QED) is 0.586. The van der Waals surface area contributed by atoms with Crippen LogP contribution in [0.5, 0.6) is 5.75 Å². The molecule has 0 saturated heterocycles. The number of rotatable bonds is 4. The van der Waals surface area contributed by atoms with Crippen molar-refractivity contribution in [2.24, 2.45) is 0 Å². The van der Waals surface area contributed by atoms with Crippen molar-refractivity contribution in [3.05, 3.63) is 72.5 Å². The van der Waals surface area contributed by atoms with E-state index in [4.69, 9.17) is 9.15 Å². The summed E-state index contributed by atoms with van der Waals surface area (Å²) in [6.45, 7) is 0. The monoisotopic (exact) mass is 331 g/mol. The fraction of sp³-hybridized carbons (Fsp3) is 0.0952. The average Bonchev–Trinajstić information content (AvgIpc) is 3.03. The summed E-state index contributed by atoms with van der Waals surface area (Å²) < 4.78 is 10.7. The molecule has 4 nitrogen and oxygen atoms in total. The number of hydrogen-bond acceptors (Lipinski definition) is 3. The minimum absolute atomic E-state index is 0.0752. The first-order chi connectivity index (χ1) is 12.2. The Kier molecular flexibility index (Phi) is 3.86. The Morgan fingerprint density at radius 3 is 2.72 bits per heavy atom. The molecule has 0 aliphatic rings. The van der Waals surface area contributed by atoms with E-state index in [0.717, 1.165) is 33.2 Å². The number of furan rings is 1. The lowest BCUT2D eigenvalue weighted by Crippen LogP contribution is -2.14. The standard InChI is InChI=1S/C21H17NO3/c1-24-18-8-9-19-16(13-25-20(19)12-18)11-21(23)22-17-7-6-14-4-2-3-5-15(14)10-17/h2-10,12-13H,11H2,1H3,(H,22,23). The second-order valence-corrected chi connectivity index (χ2v) is 5.91. The van der Waals surface area contributed by atoms with Gasteiger partial charge >= 0.3 is 0 Å². The summed E-state index contributed by atoms with van der Waals surface area (Å²) in [7, 11) is 1.61. The van der Waals surface area contributed by atoms with Crippen LogP contribution in [0.3, 0.4) is 0 Å². The maximum Gasteiger partial charge on any atom is 0.228 e. The van der Waals surface area contributed by atoms with E-state index in [9.17, 15) is 4.79 Å². The van der Waals surface area contributed by atoms with Gasteiger partial charge in [-0.15, -0.1) is 0 Å². The predicted octanol–water partition coefficient (Wildman–Crippen LogP) is 4.78. The maximum absolute atomic E-state index is 12.4. The van der Waals surface area contributed by atoms with Crippen molar-refractivity contribution in [1.82, 2.24) is 0 Å². The summed E-state index contributed by atoms with van der Waals surface area (Å²) in [6.07, 6.45) is 1.89. The van der Waals surface area contributed by atoms with Crippen molar-refractivity contribution in [2.45, 2.75) is 6.42 Å². The Morgan fingerprint density at radius 1 is 1.04 bits per heavy atom. The van der Waals surface area contributed by atoms with Crippen molar-refractivity contribution < 1.29 is 13.9 Å². The SMILES string of the molecule is COc1ccc2c(CC(=O)Nc3ccc4ccccc4c3)coc2c1. The molecule has 4 heteroatoms. The van der Waals surface area contributed by atoms with Crippen LogP contribution < -0.4 is 10.1 Å². The third-order valence-electron chi connectivity index (χ3n) is 4.25. The van der Waals surface area contributed by atoms with E-state index >= 15 is 0 Å². The molecule has 4 rings (SSSR count). The Hall–Kier alpha value is -3.27. The summed E-state index contributed by atoms with van der Waals surface area (Å²) in [6, 6.07) is 19.6. The van der Waals surface area contributed by atoms with Gasteiger partial charge in [0.25, 0.3) is 0 Å². The molecule has 3 aromatic carbocycles. The summed E-state index contributed by atoms with van der Waals surface area (Å²) in [4.78, 5) is 12.4. The van der Waals surface area contributed by atoms with Crippen LogP contribution >= 0.6 is 0 Å². The van der Waals surface area contributed by atoms with E-state index in [1.165, 1.54) is 0 Å². The highest BCUT2D eigenvalue weighted by atomic mass is 16.5. The number of amides is 1. The highest BCUT2D eigenvalue weighted by Gasteiger charge is 2.11. The molecule has 0 aliphatic carbocycles. The van der Waals surface area contributed by atoms with E-state index in [0.29, 0.717) is 5.58 Å². The van der Waals surface area contributed by atoms with Gasteiger partial charge in [-0.05, 0) is 35.0 Å². The fourth-order valence-corrected chi connectivity index (χ4v) is 2.97. The van der Waals surface area contributed by atoms with E-state index in [-0.39, 0.29) is 12.3 Å². The van der Waals surface area contributed by atoms with Crippen molar-refractivity contribution >= 4 is 33.3 Å². The molecule has 1 amide bonds. The summed E-state index contributed by atoms with van der Waals surface area (Å²) in [5.74, 6) is 0.655. The molecule has 0 bridgehead atoms. The fourth-order valence-electron chi connectivity index (χ4n) is 2.97. The Morgan fingerprint density at radius 2 is 1.88 bits per heavy atom. The van der Waals surface area contributed by atoms with E-state index < -0.39 is 0 Å². The van der Waals surface area contributed by atoms with Gasteiger partial charge in [0.1, 0.15) is 11.3 Å². The van der Waals surface area contributed by atoms with Crippen LogP contribution in [0.2, 0.25) is 0 Å². The molecule has 0 atom stereocenters. The molecule has 0 spiro atoms. The van der Waals surface area contributed by atoms with E-state index in [1.54, 1.807) is 13.4 Å². The number of carbonyl (C=O) groups is 1. The Labute approximate surface area is 145 Å². The molecule has 0 fully saturated rings. The lowest BCUT2D eigenvalue weighted by molar-refractivity contribution is -0.115. The van der Waals surface area contributed by atoms with Crippen molar-refractivity contribution in [3.8, 4) is 5.75 Å². The molecule has 0 aliphatic heterocycles. The van der Waals surface area contributed by atoms with Crippen LogP contribution in [-0.2, 0) is 11.2 Å². The number of ether oxygens (including phenoxy) is 1. The normalized spacial score (nSPS) is 10.9. The Balaban J connectivity index is 1.53. The lowest BCUT2D eigenvalue weighted by Gasteiger charge is -2.06. The first-order valence-corrected chi connectivity index (χ1v) is 8.06. The van der Waals surface area contributed by atoms with Gasteiger partial charge in [0.2, 0.25) is 5.91 Å². The predicted molar refractivity (Wildman–Crippen MR) is 99.0 cm³/mol. The van der Waals surface area contributed by atoms with Gasteiger partial charge in [-0.25, -0.2) is 0 Å². The third-order valence-corrected chi connectivity index (χ3v) is 4.25. The molecule has 0 radical (unpaired) electrons. The van der Waals surface area contributed by atoms with Crippen LogP contribution in [-0.4, -0.2) is 13.0 Å².